The minimum absolute atomic E-state index is 0.0741. The van der Waals surface area contributed by atoms with Gasteiger partial charge in [0.15, 0.2) is 0 Å². The molecule has 8 heteroatoms. The molecule has 0 bridgehead atoms. The molecule has 0 saturated heterocycles. The summed E-state index contributed by atoms with van der Waals surface area (Å²) < 4.78 is 0. The highest BCUT2D eigenvalue weighted by Crippen LogP contribution is 2.22. The van der Waals surface area contributed by atoms with Gasteiger partial charge < -0.3 is 20.4 Å². The molecule has 28 heavy (non-hydrogen) atoms. The fraction of sp³-hybridized carbons (Fsp3) is 0.600. The lowest BCUT2D eigenvalue weighted by Gasteiger charge is -2.10. The van der Waals surface area contributed by atoms with Crippen LogP contribution in [0.2, 0.25) is 0 Å². The number of aliphatic carboxylic acids is 4. The van der Waals surface area contributed by atoms with E-state index in [1.807, 2.05) is 6.92 Å². The fourth-order valence-corrected chi connectivity index (χ4v) is 2.93. The zero-order chi connectivity index (χ0) is 21.7. The number of rotatable bonds is 15. The zero-order valence-corrected chi connectivity index (χ0v) is 16.5. The Hall–Kier alpha value is -2.64. The van der Waals surface area contributed by atoms with Crippen molar-refractivity contribution in [2.75, 3.05) is 0 Å². The fourth-order valence-electron chi connectivity index (χ4n) is 2.93. The van der Waals surface area contributed by atoms with E-state index >= 15 is 0 Å². The standard InChI is InChI=1S/C20H30O8/c1-3-5-10-14(18(23)24)16(20(27)28)12-8-6-7-11-15(19(25)26)13(9-4-2)17(21)22/h3-12H2,1-2H3,(H,21,22)(H,23,24)(H,25,26)(H,27,28). The molecule has 0 aromatic heterocycles. The summed E-state index contributed by atoms with van der Waals surface area (Å²) in [6.45, 7) is 3.65. The van der Waals surface area contributed by atoms with E-state index in [4.69, 9.17) is 0 Å². The molecule has 0 unspecified atom stereocenters. The average molecular weight is 398 g/mol. The maximum atomic E-state index is 11.4. The van der Waals surface area contributed by atoms with Gasteiger partial charge in [0, 0.05) is 22.3 Å². The van der Waals surface area contributed by atoms with Gasteiger partial charge in [-0.2, -0.15) is 0 Å². The summed E-state index contributed by atoms with van der Waals surface area (Å²) in [6.07, 6.45) is 3.59. The molecule has 0 aliphatic heterocycles. The third-order valence-corrected chi connectivity index (χ3v) is 4.40. The van der Waals surface area contributed by atoms with E-state index in [1.165, 1.54) is 0 Å². The monoisotopic (exact) mass is 398 g/mol. The third kappa shape index (κ3) is 8.83. The molecular weight excluding hydrogens is 368 g/mol. The van der Waals surface area contributed by atoms with E-state index in [-0.39, 0.29) is 48.0 Å². The van der Waals surface area contributed by atoms with Gasteiger partial charge in [0.05, 0.1) is 0 Å². The molecule has 0 rings (SSSR count). The van der Waals surface area contributed by atoms with Gasteiger partial charge in [-0.05, 0) is 44.9 Å². The van der Waals surface area contributed by atoms with Gasteiger partial charge in [-0.15, -0.1) is 0 Å². The van der Waals surface area contributed by atoms with Crippen LogP contribution in [0.5, 0.6) is 0 Å². The summed E-state index contributed by atoms with van der Waals surface area (Å²) in [4.78, 5) is 45.4. The molecule has 0 radical (unpaired) electrons. The number of unbranched alkanes of at least 4 members (excludes halogenated alkanes) is 3. The molecule has 0 spiro atoms. The van der Waals surface area contributed by atoms with Crippen LogP contribution in [0.3, 0.4) is 0 Å². The highest BCUT2D eigenvalue weighted by Gasteiger charge is 2.21. The molecule has 0 aliphatic rings. The number of carboxylic acid groups (broad SMARTS) is 4. The molecule has 0 aliphatic carbocycles. The Labute approximate surface area is 164 Å². The first-order valence-electron chi connectivity index (χ1n) is 9.54. The molecule has 0 heterocycles. The summed E-state index contributed by atoms with van der Waals surface area (Å²) >= 11 is 0. The Morgan fingerprint density at radius 2 is 0.786 bits per heavy atom. The predicted octanol–water partition coefficient (Wildman–Crippen LogP) is 3.86. The van der Waals surface area contributed by atoms with Crippen molar-refractivity contribution in [3.63, 3.8) is 0 Å². The summed E-state index contributed by atoms with van der Waals surface area (Å²) in [5.41, 5.74) is -0.435. The third-order valence-electron chi connectivity index (χ3n) is 4.40. The zero-order valence-electron chi connectivity index (χ0n) is 16.5. The number of carbonyl (C=O) groups is 4. The molecule has 0 aromatic rings. The second kappa shape index (κ2) is 13.5. The maximum absolute atomic E-state index is 11.4. The van der Waals surface area contributed by atoms with E-state index in [1.54, 1.807) is 6.92 Å². The van der Waals surface area contributed by atoms with Crippen LogP contribution < -0.4 is 0 Å². The predicted molar refractivity (Wildman–Crippen MR) is 102 cm³/mol. The molecule has 4 N–H and O–H groups in total. The summed E-state index contributed by atoms with van der Waals surface area (Å²) in [5, 5.41) is 37.1. The van der Waals surface area contributed by atoms with Crippen molar-refractivity contribution in [2.45, 2.75) is 78.1 Å². The van der Waals surface area contributed by atoms with Gasteiger partial charge in [-0.3, -0.25) is 0 Å². The van der Waals surface area contributed by atoms with Gasteiger partial charge in [-0.1, -0.05) is 33.1 Å². The summed E-state index contributed by atoms with van der Waals surface area (Å²) in [7, 11) is 0. The molecule has 0 fully saturated rings. The first-order valence-corrected chi connectivity index (χ1v) is 9.54. The van der Waals surface area contributed by atoms with E-state index < -0.39 is 23.9 Å². The van der Waals surface area contributed by atoms with E-state index in [0.29, 0.717) is 32.1 Å². The van der Waals surface area contributed by atoms with Gasteiger partial charge in [0.2, 0.25) is 0 Å². The highest BCUT2D eigenvalue weighted by atomic mass is 16.4. The lowest BCUT2D eigenvalue weighted by Crippen LogP contribution is -2.12. The van der Waals surface area contributed by atoms with Crippen molar-refractivity contribution < 1.29 is 39.6 Å². The lowest BCUT2D eigenvalue weighted by molar-refractivity contribution is -0.136. The van der Waals surface area contributed by atoms with Gasteiger partial charge in [0.25, 0.3) is 0 Å². The van der Waals surface area contributed by atoms with E-state index in [0.717, 1.165) is 6.42 Å². The molecule has 0 saturated carbocycles. The molecule has 0 aromatic carbocycles. The van der Waals surface area contributed by atoms with Crippen LogP contribution in [0.1, 0.15) is 78.1 Å². The Morgan fingerprint density at radius 3 is 1.07 bits per heavy atom. The van der Waals surface area contributed by atoms with Gasteiger partial charge >= 0.3 is 23.9 Å². The maximum Gasteiger partial charge on any atom is 0.332 e. The second-order valence-corrected chi connectivity index (χ2v) is 6.55. The van der Waals surface area contributed by atoms with Crippen molar-refractivity contribution in [1.29, 1.82) is 0 Å². The SMILES string of the molecule is CCCCC(C(=O)O)=C(CCCCCC(C(=O)O)=C(CCC)C(=O)O)C(=O)O. The van der Waals surface area contributed by atoms with Crippen LogP contribution >= 0.6 is 0 Å². The van der Waals surface area contributed by atoms with Crippen molar-refractivity contribution in [3.8, 4) is 0 Å². The Balaban J connectivity index is 5.03. The first kappa shape index (κ1) is 25.4. The van der Waals surface area contributed by atoms with Gasteiger partial charge in [-0.25, -0.2) is 19.2 Å². The molecular formula is C20H30O8. The van der Waals surface area contributed by atoms with Crippen LogP contribution in [0, 0.1) is 0 Å². The number of carboxylic acids is 4. The van der Waals surface area contributed by atoms with Crippen LogP contribution in [-0.4, -0.2) is 44.3 Å². The Morgan fingerprint density at radius 1 is 0.464 bits per heavy atom. The summed E-state index contributed by atoms with van der Waals surface area (Å²) in [6, 6.07) is 0. The minimum atomic E-state index is -1.26. The average Bonchev–Trinajstić information content (AvgIpc) is 2.60. The normalized spacial score (nSPS) is 12.8. The molecule has 158 valence electrons. The molecule has 0 amide bonds. The van der Waals surface area contributed by atoms with Gasteiger partial charge in [0.1, 0.15) is 0 Å². The quantitative estimate of drug-likeness (QED) is 0.240. The van der Waals surface area contributed by atoms with Crippen LogP contribution in [-0.2, 0) is 19.2 Å². The minimum Gasteiger partial charge on any atom is -0.478 e. The Bertz CT molecular complexity index is 643. The highest BCUT2D eigenvalue weighted by molar-refractivity contribution is 5.99. The topological polar surface area (TPSA) is 149 Å². The van der Waals surface area contributed by atoms with Crippen molar-refractivity contribution in [2.24, 2.45) is 0 Å². The smallest absolute Gasteiger partial charge is 0.332 e. The van der Waals surface area contributed by atoms with Crippen LogP contribution in [0.15, 0.2) is 22.3 Å². The Kier molecular flexibility index (Phi) is 12.2. The van der Waals surface area contributed by atoms with E-state index in [2.05, 4.69) is 0 Å². The lowest BCUT2D eigenvalue weighted by atomic mass is 9.95. The molecule has 0 atom stereocenters. The first-order chi connectivity index (χ1) is 13.2. The van der Waals surface area contributed by atoms with Crippen LogP contribution in [0.25, 0.3) is 0 Å². The van der Waals surface area contributed by atoms with Crippen molar-refractivity contribution >= 4 is 23.9 Å². The number of hydrogen-bond acceptors (Lipinski definition) is 4. The molecule has 8 nitrogen and oxygen atoms in total. The van der Waals surface area contributed by atoms with Crippen molar-refractivity contribution in [1.82, 2.24) is 0 Å². The summed E-state index contributed by atoms with van der Waals surface area (Å²) in [5.74, 6) is -4.98. The largest absolute Gasteiger partial charge is 0.478 e. The van der Waals surface area contributed by atoms with Crippen LogP contribution in [0.4, 0.5) is 0 Å². The second-order valence-electron chi connectivity index (χ2n) is 6.55. The van der Waals surface area contributed by atoms with Crippen molar-refractivity contribution in [3.05, 3.63) is 22.3 Å². The number of hydrogen-bond donors (Lipinski definition) is 4. The van der Waals surface area contributed by atoms with E-state index in [9.17, 15) is 39.6 Å².